The van der Waals surface area contributed by atoms with Crippen LogP contribution in [0.4, 0.5) is 0 Å². The largest absolute Gasteiger partial charge is 0.471 e. The van der Waals surface area contributed by atoms with Crippen LogP contribution in [-0.2, 0) is 6.42 Å². The number of pyridine rings is 1. The predicted molar refractivity (Wildman–Crippen MR) is 102 cm³/mol. The fourth-order valence-corrected chi connectivity index (χ4v) is 5.45. The summed E-state index contributed by atoms with van der Waals surface area (Å²) in [7, 11) is 0. The van der Waals surface area contributed by atoms with Crippen LogP contribution in [0.5, 0.6) is 5.88 Å². The van der Waals surface area contributed by atoms with Crippen molar-refractivity contribution in [3.63, 3.8) is 0 Å². The molecule has 2 saturated heterocycles. The molecule has 0 amide bonds. The molecule has 4 atom stereocenters. The van der Waals surface area contributed by atoms with Gasteiger partial charge in [-0.15, -0.1) is 10.2 Å². The molecule has 0 bridgehead atoms. The number of hydrogen-bond donors (Lipinski definition) is 0. The summed E-state index contributed by atoms with van der Waals surface area (Å²) in [5, 5.41) is 8.65. The van der Waals surface area contributed by atoms with Crippen molar-refractivity contribution in [3.05, 3.63) is 60.9 Å². The van der Waals surface area contributed by atoms with Gasteiger partial charge in [-0.05, 0) is 43.4 Å². The molecule has 3 fully saturated rings. The molecule has 7 nitrogen and oxygen atoms in total. The van der Waals surface area contributed by atoms with E-state index in [0.29, 0.717) is 23.4 Å². The first-order valence-electron chi connectivity index (χ1n) is 9.98. The van der Waals surface area contributed by atoms with Crippen LogP contribution in [0.3, 0.4) is 0 Å². The molecular weight excluding hydrogens is 352 g/mol. The van der Waals surface area contributed by atoms with Crippen LogP contribution in [0.2, 0.25) is 0 Å². The van der Waals surface area contributed by atoms with E-state index in [4.69, 9.17) is 4.74 Å². The van der Waals surface area contributed by atoms with Gasteiger partial charge >= 0.3 is 0 Å². The lowest BCUT2D eigenvalue weighted by Gasteiger charge is -2.58. The summed E-state index contributed by atoms with van der Waals surface area (Å²) >= 11 is 0. The lowest BCUT2D eigenvalue weighted by Crippen LogP contribution is -2.65. The standard InChI is InChI=1S/C21H22N6O/c1-2-15(13-22-8-1)12-17-20(16-5-6-21(16)7-10-27(17)21)28-19-4-3-18(24-25-19)26-11-9-23-14-26/h1-4,8-9,11,13-14,16-17,20H,5-7,10,12H2. The summed E-state index contributed by atoms with van der Waals surface area (Å²) in [5.41, 5.74) is 1.65. The highest BCUT2D eigenvalue weighted by atomic mass is 16.5. The molecule has 3 aliphatic rings. The van der Waals surface area contributed by atoms with Gasteiger partial charge in [-0.3, -0.25) is 14.5 Å². The summed E-state index contributed by atoms with van der Waals surface area (Å²) in [6.07, 6.45) is 14.1. The van der Waals surface area contributed by atoms with E-state index in [2.05, 4.69) is 31.1 Å². The second-order valence-electron chi connectivity index (χ2n) is 8.11. The van der Waals surface area contributed by atoms with Crippen molar-refractivity contribution in [2.75, 3.05) is 6.54 Å². The first-order valence-corrected chi connectivity index (χ1v) is 9.98. The quantitative estimate of drug-likeness (QED) is 0.683. The molecule has 7 heteroatoms. The van der Waals surface area contributed by atoms with Crippen LogP contribution in [0, 0.1) is 5.92 Å². The molecule has 3 aromatic rings. The van der Waals surface area contributed by atoms with Crippen molar-refractivity contribution < 1.29 is 4.74 Å². The molecule has 2 aliphatic heterocycles. The van der Waals surface area contributed by atoms with Gasteiger partial charge in [-0.25, -0.2) is 4.98 Å². The zero-order valence-corrected chi connectivity index (χ0v) is 15.6. The lowest BCUT2D eigenvalue weighted by molar-refractivity contribution is -0.0836. The molecule has 0 aromatic carbocycles. The third kappa shape index (κ3) is 2.32. The third-order valence-corrected chi connectivity index (χ3v) is 6.93. The fourth-order valence-electron chi connectivity index (χ4n) is 5.45. The molecule has 3 aromatic heterocycles. The number of imidazole rings is 1. The number of aromatic nitrogens is 5. The fraction of sp³-hybridized carbons (Fsp3) is 0.429. The Morgan fingerprint density at radius 1 is 1.11 bits per heavy atom. The monoisotopic (exact) mass is 374 g/mol. The van der Waals surface area contributed by atoms with Crippen molar-refractivity contribution in [2.45, 2.75) is 43.4 Å². The zero-order valence-electron chi connectivity index (χ0n) is 15.6. The average Bonchev–Trinajstić information content (AvgIpc) is 3.24. The van der Waals surface area contributed by atoms with Crippen molar-refractivity contribution in [2.24, 2.45) is 5.92 Å². The van der Waals surface area contributed by atoms with Gasteiger partial charge in [0.05, 0.1) is 6.04 Å². The van der Waals surface area contributed by atoms with Crippen LogP contribution in [0.15, 0.2) is 55.4 Å². The van der Waals surface area contributed by atoms with E-state index in [0.717, 1.165) is 12.2 Å². The summed E-state index contributed by atoms with van der Waals surface area (Å²) in [6, 6.07) is 8.41. The van der Waals surface area contributed by atoms with Crippen LogP contribution in [-0.4, -0.2) is 53.9 Å². The second kappa shape index (κ2) is 6.10. The van der Waals surface area contributed by atoms with Gasteiger partial charge in [0.15, 0.2) is 5.82 Å². The molecule has 1 saturated carbocycles. The molecule has 0 N–H and O–H groups in total. The highest BCUT2D eigenvalue weighted by Gasteiger charge is 2.68. The van der Waals surface area contributed by atoms with Crippen LogP contribution < -0.4 is 4.74 Å². The highest BCUT2D eigenvalue weighted by Crippen LogP contribution is 2.60. The Bertz CT molecular complexity index is 956. The number of ether oxygens (including phenoxy) is 1. The van der Waals surface area contributed by atoms with Gasteiger partial charge in [0, 0.05) is 48.9 Å². The SMILES string of the molecule is c1cncc(CC2C(Oc3ccc(-n4ccnc4)nn3)C3CCC34CCN24)c1. The minimum atomic E-state index is 0.157. The van der Waals surface area contributed by atoms with E-state index in [1.165, 1.54) is 31.4 Å². The maximum atomic E-state index is 6.48. The van der Waals surface area contributed by atoms with E-state index in [1.54, 1.807) is 12.5 Å². The van der Waals surface area contributed by atoms with Gasteiger partial charge in [0.25, 0.3) is 0 Å². The van der Waals surface area contributed by atoms with Gasteiger partial charge < -0.3 is 4.74 Å². The number of hydrogen-bond acceptors (Lipinski definition) is 6. The molecule has 1 aliphatic carbocycles. The first kappa shape index (κ1) is 16.2. The summed E-state index contributed by atoms with van der Waals surface area (Å²) in [5.74, 6) is 1.94. The van der Waals surface area contributed by atoms with Crippen LogP contribution >= 0.6 is 0 Å². The minimum Gasteiger partial charge on any atom is -0.471 e. The van der Waals surface area contributed by atoms with E-state index in [9.17, 15) is 0 Å². The highest BCUT2D eigenvalue weighted by molar-refractivity contribution is 5.27. The van der Waals surface area contributed by atoms with E-state index in [-0.39, 0.29) is 6.10 Å². The molecule has 0 radical (unpaired) electrons. The average molecular weight is 374 g/mol. The molecule has 28 heavy (non-hydrogen) atoms. The Labute approximate surface area is 163 Å². The summed E-state index contributed by atoms with van der Waals surface area (Å²) in [4.78, 5) is 11.0. The molecule has 142 valence electrons. The summed E-state index contributed by atoms with van der Waals surface area (Å²) < 4.78 is 8.32. The number of nitrogens with zero attached hydrogens (tertiary/aromatic N) is 6. The van der Waals surface area contributed by atoms with Gasteiger partial charge in [0.1, 0.15) is 12.4 Å². The first-order chi connectivity index (χ1) is 13.8. The van der Waals surface area contributed by atoms with Crippen molar-refractivity contribution in [3.8, 4) is 11.7 Å². The zero-order chi connectivity index (χ0) is 18.6. The summed E-state index contributed by atoms with van der Waals surface area (Å²) in [6.45, 7) is 1.17. The third-order valence-electron chi connectivity index (χ3n) is 6.93. The minimum absolute atomic E-state index is 0.157. The van der Waals surface area contributed by atoms with Gasteiger partial charge in [-0.2, -0.15) is 0 Å². The normalized spacial score (nSPS) is 30.8. The smallest absolute Gasteiger partial charge is 0.233 e. The van der Waals surface area contributed by atoms with Crippen molar-refractivity contribution in [1.82, 2.24) is 29.6 Å². The van der Waals surface area contributed by atoms with E-state index in [1.807, 2.05) is 41.4 Å². The lowest BCUT2D eigenvalue weighted by atomic mass is 9.61. The molecule has 5 heterocycles. The van der Waals surface area contributed by atoms with Crippen LogP contribution in [0.1, 0.15) is 24.8 Å². The van der Waals surface area contributed by atoms with Crippen molar-refractivity contribution in [1.29, 1.82) is 0 Å². The van der Waals surface area contributed by atoms with Crippen LogP contribution in [0.25, 0.3) is 5.82 Å². The Morgan fingerprint density at radius 2 is 2.11 bits per heavy atom. The van der Waals surface area contributed by atoms with Gasteiger partial charge in [0.2, 0.25) is 5.88 Å². The Morgan fingerprint density at radius 3 is 2.75 bits per heavy atom. The number of rotatable bonds is 5. The molecule has 4 unspecified atom stereocenters. The van der Waals surface area contributed by atoms with Crippen molar-refractivity contribution >= 4 is 0 Å². The maximum Gasteiger partial charge on any atom is 0.233 e. The topological polar surface area (TPSA) is 69.0 Å². The molecule has 1 spiro atoms. The van der Waals surface area contributed by atoms with E-state index >= 15 is 0 Å². The Balaban J connectivity index is 1.26. The Hall–Kier alpha value is -2.80. The molecule has 6 rings (SSSR count). The van der Waals surface area contributed by atoms with E-state index < -0.39 is 0 Å². The second-order valence-corrected chi connectivity index (χ2v) is 8.11. The van der Waals surface area contributed by atoms with Gasteiger partial charge in [-0.1, -0.05) is 6.07 Å². The maximum absolute atomic E-state index is 6.48. The Kier molecular flexibility index (Phi) is 3.53. The predicted octanol–water partition coefficient (Wildman–Crippen LogP) is 2.28. The molecular formula is C21H22N6O.